The van der Waals surface area contributed by atoms with Crippen LogP contribution >= 0.6 is 11.3 Å². The Hall–Kier alpha value is -7.06. The van der Waals surface area contributed by atoms with E-state index in [1.165, 1.54) is 130 Å². The van der Waals surface area contributed by atoms with E-state index in [9.17, 15) is 0 Å². The highest BCUT2D eigenvalue weighted by Gasteiger charge is 2.37. The second kappa shape index (κ2) is 12.5. The van der Waals surface area contributed by atoms with E-state index in [4.69, 9.17) is 0 Å². The van der Waals surface area contributed by atoms with Crippen LogP contribution in [0.5, 0.6) is 0 Å². The molecule has 0 saturated heterocycles. The Morgan fingerprint density at radius 2 is 0.817 bits per heavy atom. The van der Waals surface area contributed by atoms with Gasteiger partial charge < -0.3 is 0 Å². The van der Waals surface area contributed by atoms with Crippen molar-refractivity contribution in [2.24, 2.45) is 0 Å². The van der Waals surface area contributed by atoms with Crippen LogP contribution in [0.3, 0.4) is 0 Å². The molecule has 1 aliphatic rings. The zero-order valence-corrected chi connectivity index (χ0v) is 34.2. The molecule has 0 spiro atoms. The normalized spacial score (nSPS) is 13.3. The lowest BCUT2D eigenvalue weighted by molar-refractivity contribution is 0.662. The van der Waals surface area contributed by atoms with Gasteiger partial charge in [-0.05, 0) is 128 Å². The third-order valence-electron chi connectivity index (χ3n) is 13.7. The first-order chi connectivity index (χ1) is 29.5. The number of hydrogen-bond donors (Lipinski definition) is 0. The summed E-state index contributed by atoms with van der Waals surface area (Å²) in [6.07, 6.45) is 0. The predicted octanol–water partition coefficient (Wildman–Crippen LogP) is 17.1. The Bertz CT molecular complexity index is 3740. The topological polar surface area (TPSA) is 0 Å². The SMILES string of the molecule is CC1(C)c2cc3sc4cc(-c5ccc(-c6c7ccccc7c(-c7cccc8ccccc78)c7ccccc67)c6ccccc56)ccc4c3cc2-c2c1ccc1ccccc21. The van der Waals surface area contributed by atoms with Gasteiger partial charge in [-0.15, -0.1) is 11.3 Å². The highest BCUT2D eigenvalue weighted by Crippen LogP contribution is 2.54. The molecule has 1 heteroatoms. The van der Waals surface area contributed by atoms with Crippen LogP contribution in [-0.4, -0.2) is 0 Å². The lowest BCUT2D eigenvalue weighted by Gasteiger charge is -2.21. The van der Waals surface area contributed by atoms with Crippen molar-refractivity contribution in [3.05, 3.63) is 205 Å². The highest BCUT2D eigenvalue weighted by molar-refractivity contribution is 7.25. The maximum absolute atomic E-state index is 2.49. The fourth-order valence-electron chi connectivity index (χ4n) is 10.9. The summed E-state index contributed by atoms with van der Waals surface area (Å²) in [4.78, 5) is 0. The standard InChI is InChI=1S/C59H38S/c1-59(2)52-31-27-36-15-4-6-18-40(36)58(52)51-33-50-43-28-26-37(32-54(43)60-55(50)34-53(51)59)39-29-30-49(42-20-8-7-19-41(39)42)57-47-23-11-9-21-45(47)56(46-22-10-12-24-48(46)57)44-25-13-16-35-14-3-5-17-38(35)44/h3-34H,1-2H3. The lowest BCUT2D eigenvalue weighted by Crippen LogP contribution is -2.14. The molecule has 1 aromatic heterocycles. The van der Waals surface area contributed by atoms with Crippen LogP contribution in [0.1, 0.15) is 25.0 Å². The van der Waals surface area contributed by atoms with E-state index < -0.39 is 0 Å². The Kier molecular flexibility index (Phi) is 7.04. The molecule has 0 saturated carbocycles. The summed E-state index contributed by atoms with van der Waals surface area (Å²) in [6, 6.07) is 73.0. The van der Waals surface area contributed by atoms with Gasteiger partial charge in [-0.2, -0.15) is 0 Å². The Morgan fingerprint density at radius 3 is 1.50 bits per heavy atom. The maximum atomic E-state index is 2.49. The van der Waals surface area contributed by atoms with E-state index in [0.717, 1.165) is 0 Å². The average Bonchev–Trinajstić information content (AvgIpc) is 3.77. The summed E-state index contributed by atoms with van der Waals surface area (Å²) in [5.74, 6) is 0. The zero-order chi connectivity index (χ0) is 39.7. The predicted molar refractivity (Wildman–Crippen MR) is 261 cm³/mol. The van der Waals surface area contributed by atoms with Gasteiger partial charge in [-0.25, -0.2) is 0 Å². The van der Waals surface area contributed by atoms with Crippen LogP contribution in [0.2, 0.25) is 0 Å². The van der Waals surface area contributed by atoms with Gasteiger partial charge in [0.05, 0.1) is 0 Å². The van der Waals surface area contributed by atoms with Crippen molar-refractivity contribution in [3.8, 4) is 44.5 Å². The number of thiophene rings is 1. The first-order valence-electron chi connectivity index (χ1n) is 21.0. The summed E-state index contributed by atoms with van der Waals surface area (Å²) >= 11 is 1.93. The molecule has 0 unspecified atom stereocenters. The van der Waals surface area contributed by atoms with Gasteiger partial charge in [0, 0.05) is 25.6 Å². The minimum absolute atomic E-state index is 0.0578. The third kappa shape index (κ3) is 4.67. The van der Waals surface area contributed by atoms with Crippen LogP contribution in [0.4, 0.5) is 0 Å². The van der Waals surface area contributed by atoms with Crippen LogP contribution in [-0.2, 0) is 5.41 Å². The molecule has 0 amide bonds. The summed E-state index contributed by atoms with van der Waals surface area (Å²) in [7, 11) is 0. The van der Waals surface area contributed by atoms with Crippen molar-refractivity contribution in [3.63, 3.8) is 0 Å². The van der Waals surface area contributed by atoms with E-state index in [2.05, 4.69) is 208 Å². The van der Waals surface area contributed by atoms with Crippen LogP contribution in [0.15, 0.2) is 194 Å². The quantitative estimate of drug-likeness (QED) is 0.157. The van der Waals surface area contributed by atoms with E-state index in [1.54, 1.807) is 0 Å². The fraction of sp³-hybridized carbons (Fsp3) is 0.0508. The first-order valence-corrected chi connectivity index (χ1v) is 21.8. The van der Waals surface area contributed by atoms with Crippen LogP contribution in [0.25, 0.3) is 119 Å². The minimum Gasteiger partial charge on any atom is -0.135 e. The first kappa shape index (κ1) is 33.9. The molecule has 0 aliphatic heterocycles. The summed E-state index contributed by atoms with van der Waals surface area (Å²) in [5, 5.41) is 15.5. The lowest BCUT2D eigenvalue weighted by atomic mass is 9.82. The van der Waals surface area contributed by atoms with Gasteiger partial charge in [-0.1, -0.05) is 190 Å². The fourth-order valence-corrected chi connectivity index (χ4v) is 12.0. The van der Waals surface area contributed by atoms with Gasteiger partial charge in [0.1, 0.15) is 0 Å². The average molecular weight is 779 g/mol. The van der Waals surface area contributed by atoms with Gasteiger partial charge in [-0.3, -0.25) is 0 Å². The van der Waals surface area contributed by atoms with Gasteiger partial charge in [0.15, 0.2) is 0 Å². The van der Waals surface area contributed by atoms with Crippen molar-refractivity contribution in [1.29, 1.82) is 0 Å². The monoisotopic (exact) mass is 778 g/mol. The molecular formula is C59H38S. The molecule has 60 heavy (non-hydrogen) atoms. The van der Waals surface area contributed by atoms with Crippen molar-refractivity contribution in [1.82, 2.24) is 0 Å². The number of hydrogen-bond acceptors (Lipinski definition) is 1. The number of fused-ring (bicyclic) bond motifs is 12. The molecule has 280 valence electrons. The summed E-state index contributed by atoms with van der Waals surface area (Å²) < 4.78 is 2.69. The van der Waals surface area contributed by atoms with Gasteiger partial charge in [0.2, 0.25) is 0 Å². The molecule has 0 atom stereocenters. The molecule has 0 N–H and O–H groups in total. The van der Waals surface area contributed by atoms with E-state index in [0.29, 0.717) is 0 Å². The molecule has 0 nitrogen and oxygen atoms in total. The second-order valence-corrected chi connectivity index (χ2v) is 18.2. The largest absolute Gasteiger partial charge is 0.135 e. The molecule has 1 heterocycles. The van der Waals surface area contributed by atoms with Gasteiger partial charge in [0.25, 0.3) is 0 Å². The summed E-state index contributed by atoms with van der Waals surface area (Å²) in [6.45, 7) is 4.78. The van der Waals surface area contributed by atoms with Crippen LogP contribution < -0.4 is 0 Å². The number of benzene rings is 11. The number of rotatable bonds is 3. The van der Waals surface area contributed by atoms with Crippen molar-refractivity contribution in [2.45, 2.75) is 19.3 Å². The third-order valence-corrected chi connectivity index (χ3v) is 14.8. The molecule has 13 rings (SSSR count). The minimum atomic E-state index is -0.0578. The van der Waals surface area contributed by atoms with Crippen molar-refractivity contribution in [2.75, 3.05) is 0 Å². The Balaban J connectivity index is 0.998. The molecule has 1 aliphatic carbocycles. The molecule has 0 radical (unpaired) electrons. The molecule has 0 bridgehead atoms. The maximum Gasteiger partial charge on any atom is 0.0361 e. The van der Waals surface area contributed by atoms with E-state index in [-0.39, 0.29) is 5.41 Å². The van der Waals surface area contributed by atoms with Crippen LogP contribution in [0, 0.1) is 0 Å². The molecular weight excluding hydrogens is 741 g/mol. The molecule has 11 aromatic carbocycles. The Morgan fingerprint density at radius 1 is 0.300 bits per heavy atom. The van der Waals surface area contributed by atoms with E-state index >= 15 is 0 Å². The Labute approximate surface area is 352 Å². The summed E-state index contributed by atoms with van der Waals surface area (Å²) in [5.41, 5.74) is 13.2. The van der Waals surface area contributed by atoms with Crippen molar-refractivity contribution < 1.29 is 0 Å². The highest BCUT2D eigenvalue weighted by atomic mass is 32.1. The van der Waals surface area contributed by atoms with E-state index in [1.807, 2.05) is 11.3 Å². The second-order valence-electron chi connectivity index (χ2n) is 17.1. The van der Waals surface area contributed by atoms with Gasteiger partial charge >= 0.3 is 0 Å². The smallest absolute Gasteiger partial charge is 0.0361 e. The zero-order valence-electron chi connectivity index (χ0n) is 33.4. The molecule has 0 fully saturated rings. The molecule has 12 aromatic rings. The van der Waals surface area contributed by atoms with Crippen molar-refractivity contribution >= 4 is 85.4 Å².